The van der Waals surface area contributed by atoms with Crippen LogP contribution in [-0.2, 0) is 14.4 Å². The number of imide groups is 1. The quantitative estimate of drug-likeness (QED) is 0.793. The second-order valence-corrected chi connectivity index (χ2v) is 5.85. The SMILES string of the molecule is CCOc1ccc(C2=C(O)C(=O)N(c3ccc(NC(C)=O)cc3)C2=O)cc1. The van der Waals surface area contributed by atoms with Crippen molar-refractivity contribution in [1.29, 1.82) is 0 Å². The molecule has 0 saturated heterocycles. The monoisotopic (exact) mass is 366 g/mol. The van der Waals surface area contributed by atoms with Crippen molar-refractivity contribution in [3.63, 3.8) is 0 Å². The number of amides is 3. The molecule has 1 aliphatic heterocycles. The average Bonchev–Trinajstić information content (AvgIpc) is 2.86. The molecule has 27 heavy (non-hydrogen) atoms. The molecule has 3 rings (SSSR count). The number of carbonyl (C=O) groups is 3. The van der Waals surface area contributed by atoms with E-state index in [1.54, 1.807) is 36.4 Å². The third-order valence-corrected chi connectivity index (χ3v) is 3.96. The molecule has 7 nitrogen and oxygen atoms in total. The van der Waals surface area contributed by atoms with Gasteiger partial charge in [0.05, 0.1) is 17.9 Å². The molecule has 0 unspecified atom stereocenters. The summed E-state index contributed by atoms with van der Waals surface area (Å²) in [4.78, 5) is 37.2. The molecule has 138 valence electrons. The number of nitrogens with one attached hydrogen (secondary N) is 1. The molecule has 1 aliphatic rings. The topological polar surface area (TPSA) is 95.9 Å². The standard InChI is InChI=1S/C20H18N2O5/c1-3-27-16-10-4-13(5-11-16)17-18(24)20(26)22(19(17)25)15-8-6-14(7-9-15)21-12(2)23/h4-11,24H,3H2,1-2H3,(H,21,23). The van der Waals surface area contributed by atoms with Gasteiger partial charge in [-0.1, -0.05) is 12.1 Å². The number of hydrogen-bond donors (Lipinski definition) is 2. The normalized spacial score (nSPS) is 13.9. The van der Waals surface area contributed by atoms with Gasteiger partial charge in [0.1, 0.15) is 5.75 Å². The number of carbonyl (C=O) groups excluding carboxylic acids is 3. The molecule has 0 saturated carbocycles. The molecule has 0 fully saturated rings. The Morgan fingerprint density at radius 2 is 1.67 bits per heavy atom. The van der Waals surface area contributed by atoms with Crippen molar-refractivity contribution in [1.82, 2.24) is 0 Å². The maximum atomic E-state index is 12.8. The highest BCUT2D eigenvalue weighted by molar-refractivity contribution is 6.44. The molecule has 3 amide bonds. The van der Waals surface area contributed by atoms with E-state index in [0.29, 0.717) is 29.3 Å². The minimum absolute atomic E-state index is 0.0611. The van der Waals surface area contributed by atoms with Gasteiger partial charge in [-0.05, 0) is 48.9 Å². The van der Waals surface area contributed by atoms with E-state index >= 15 is 0 Å². The van der Waals surface area contributed by atoms with Crippen LogP contribution in [0.4, 0.5) is 11.4 Å². The zero-order chi connectivity index (χ0) is 19.6. The van der Waals surface area contributed by atoms with Gasteiger partial charge in [0.2, 0.25) is 5.91 Å². The summed E-state index contributed by atoms with van der Waals surface area (Å²) in [6.07, 6.45) is 0. The predicted molar refractivity (Wildman–Crippen MR) is 100 cm³/mol. The Kier molecular flexibility index (Phi) is 4.94. The van der Waals surface area contributed by atoms with E-state index in [9.17, 15) is 19.5 Å². The molecule has 0 aliphatic carbocycles. The maximum absolute atomic E-state index is 12.8. The summed E-state index contributed by atoms with van der Waals surface area (Å²) in [7, 11) is 0. The van der Waals surface area contributed by atoms with Crippen LogP contribution in [0.3, 0.4) is 0 Å². The van der Waals surface area contributed by atoms with Crippen molar-refractivity contribution in [3.05, 3.63) is 59.9 Å². The lowest BCUT2D eigenvalue weighted by Crippen LogP contribution is -2.31. The largest absolute Gasteiger partial charge is 0.502 e. The second kappa shape index (κ2) is 7.33. The first-order chi connectivity index (χ1) is 12.9. The minimum Gasteiger partial charge on any atom is -0.502 e. The van der Waals surface area contributed by atoms with Crippen LogP contribution in [0.15, 0.2) is 54.3 Å². The summed E-state index contributed by atoms with van der Waals surface area (Å²) in [5.74, 6) is -1.61. The van der Waals surface area contributed by atoms with Gasteiger partial charge in [-0.25, -0.2) is 4.90 Å². The van der Waals surface area contributed by atoms with E-state index in [-0.39, 0.29) is 11.5 Å². The summed E-state index contributed by atoms with van der Waals surface area (Å²) in [5, 5.41) is 12.8. The first-order valence-electron chi connectivity index (χ1n) is 8.35. The van der Waals surface area contributed by atoms with E-state index in [4.69, 9.17) is 4.74 Å². The molecule has 7 heteroatoms. The molecule has 0 aromatic heterocycles. The first kappa shape index (κ1) is 18.2. The van der Waals surface area contributed by atoms with Gasteiger partial charge < -0.3 is 15.2 Å². The van der Waals surface area contributed by atoms with E-state index in [2.05, 4.69) is 5.32 Å². The highest BCUT2D eigenvalue weighted by Gasteiger charge is 2.40. The minimum atomic E-state index is -0.795. The van der Waals surface area contributed by atoms with E-state index in [1.165, 1.54) is 19.1 Å². The Morgan fingerprint density at radius 3 is 2.22 bits per heavy atom. The van der Waals surface area contributed by atoms with Crippen LogP contribution >= 0.6 is 0 Å². The fourth-order valence-electron chi connectivity index (χ4n) is 2.79. The third kappa shape index (κ3) is 3.52. The Morgan fingerprint density at radius 1 is 1.04 bits per heavy atom. The molecule has 0 bridgehead atoms. The summed E-state index contributed by atoms with van der Waals surface area (Å²) in [6.45, 7) is 3.75. The Hall–Kier alpha value is -3.61. The van der Waals surface area contributed by atoms with Crippen LogP contribution in [0.2, 0.25) is 0 Å². The van der Waals surface area contributed by atoms with Gasteiger partial charge in [-0.3, -0.25) is 14.4 Å². The second-order valence-electron chi connectivity index (χ2n) is 5.85. The van der Waals surface area contributed by atoms with Crippen molar-refractivity contribution < 1.29 is 24.2 Å². The number of rotatable bonds is 5. The van der Waals surface area contributed by atoms with Crippen LogP contribution in [0.5, 0.6) is 5.75 Å². The van der Waals surface area contributed by atoms with Crippen molar-refractivity contribution in [2.24, 2.45) is 0 Å². The van der Waals surface area contributed by atoms with Crippen LogP contribution in [0.1, 0.15) is 19.4 Å². The van der Waals surface area contributed by atoms with Crippen LogP contribution in [0.25, 0.3) is 5.57 Å². The van der Waals surface area contributed by atoms with Crippen molar-refractivity contribution in [3.8, 4) is 5.75 Å². The number of aliphatic hydroxyl groups excluding tert-OH is 1. The van der Waals surface area contributed by atoms with E-state index in [0.717, 1.165) is 4.90 Å². The molecular weight excluding hydrogens is 348 g/mol. The molecule has 0 atom stereocenters. The van der Waals surface area contributed by atoms with Gasteiger partial charge in [-0.15, -0.1) is 0 Å². The number of ether oxygens (including phenoxy) is 1. The molecule has 0 radical (unpaired) electrons. The lowest BCUT2D eigenvalue weighted by Gasteiger charge is -2.15. The zero-order valence-corrected chi connectivity index (χ0v) is 14.9. The highest BCUT2D eigenvalue weighted by Crippen LogP contribution is 2.33. The third-order valence-electron chi connectivity index (χ3n) is 3.96. The number of anilines is 2. The maximum Gasteiger partial charge on any atom is 0.301 e. The summed E-state index contributed by atoms with van der Waals surface area (Å²) in [5.41, 5.74) is 1.20. The Labute approximate surface area is 155 Å². The molecule has 1 heterocycles. The predicted octanol–water partition coefficient (Wildman–Crippen LogP) is 2.89. The fraction of sp³-hybridized carbons (Fsp3) is 0.150. The fourth-order valence-corrected chi connectivity index (χ4v) is 2.79. The lowest BCUT2D eigenvalue weighted by atomic mass is 10.1. The van der Waals surface area contributed by atoms with Crippen LogP contribution in [0, 0.1) is 0 Å². The van der Waals surface area contributed by atoms with Gasteiger partial charge in [-0.2, -0.15) is 0 Å². The van der Waals surface area contributed by atoms with Gasteiger partial charge in [0.15, 0.2) is 5.76 Å². The number of nitrogens with zero attached hydrogens (tertiary/aromatic N) is 1. The van der Waals surface area contributed by atoms with Crippen molar-refractivity contribution in [2.75, 3.05) is 16.8 Å². The smallest absolute Gasteiger partial charge is 0.301 e. The summed E-state index contributed by atoms with van der Waals surface area (Å²) >= 11 is 0. The first-order valence-corrected chi connectivity index (χ1v) is 8.35. The summed E-state index contributed by atoms with van der Waals surface area (Å²) in [6, 6.07) is 12.8. The van der Waals surface area contributed by atoms with Crippen molar-refractivity contribution >= 4 is 34.7 Å². The van der Waals surface area contributed by atoms with Crippen LogP contribution in [-0.4, -0.2) is 29.4 Å². The van der Waals surface area contributed by atoms with Gasteiger partial charge in [0, 0.05) is 12.6 Å². The zero-order valence-electron chi connectivity index (χ0n) is 14.9. The lowest BCUT2D eigenvalue weighted by molar-refractivity contribution is -0.121. The van der Waals surface area contributed by atoms with Gasteiger partial charge >= 0.3 is 5.91 Å². The van der Waals surface area contributed by atoms with E-state index < -0.39 is 17.6 Å². The van der Waals surface area contributed by atoms with Gasteiger partial charge in [0.25, 0.3) is 5.91 Å². The molecule has 2 aromatic rings. The molecule has 0 spiro atoms. The molecular formula is C20H18N2O5. The molecule has 2 aromatic carbocycles. The number of hydrogen-bond acceptors (Lipinski definition) is 5. The highest BCUT2D eigenvalue weighted by atomic mass is 16.5. The average molecular weight is 366 g/mol. The molecule has 2 N–H and O–H groups in total. The summed E-state index contributed by atoms with van der Waals surface area (Å²) < 4.78 is 5.36. The number of benzene rings is 2. The van der Waals surface area contributed by atoms with E-state index in [1.807, 2.05) is 6.92 Å². The Bertz CT molecular complexity index is 930. The number of aliphatic hydroxyl groups is 1. The van der Waals surface area contributed by atoms with Crippen molar-refractivity contribution in [2.45, 2.75) is 13.8 Å². The van der Waals surface area contributed by atoms with Crippen LogP contribution < -0.4 is 15.0 Å². The Balaban J connectivity index is 1.88.